The number of amides is 1. The zero-order valence-corrected chi connectivity index (χ0v) is 23.6. The predicted molar refractivity (Wildman–Crippen MR) is 152 cm³/mol. The van der Waals surface area contributed by atoms with Crippen molar-refractivity contribution in [2.45, 2.75) is 52.6 Å². The topological polar surface area (TPSA) is 124 Å². The lowest BCUT2D eigenvalue weighted by atomic mass is 9.97. The molecule has 9 heteroatoms. The van der Waals surface area contributed by atoms with Gasteiger partial charge in [0.05, 0.1) is 25.0 Å². The zero-order valence-electron chi connectivity index (χ0n) is 23.6. The molecule has 210 valence electrons. The van der Waals surface area contributed by atoms with E-state index < -0.39 is 17.7 Å². The van der Waals surface area contributed by atoms with Gasteiger partial charge in [-0.3, -0.25) is 4.98 Å². The van der Waals surface area contributed by atoms with E-state index in [0.717, 1.165) is 21.9 Å². The number of rotatable bonds is 11. The Morgan fingerprint density at radius 2 is 1.77 bits per heavy atom. The van der Waals surface area contributed by atoms with Gasteiger partial charge in [0.2, 0.25) is 0 Å². The number of methoxy groups -OCH3 is 1. The minimum Gasteiger partial charge on any atom is -0.496 e. The summed E-state index contributed by atoms with van der Waals surface area (Å²) in [5.74, 6) is 0.494. The number of aromatic carboxylic acids is 1. The van der Waals surface area contributed by atoms with Gasteiger partial charge in [-0.05, 0) is 68.8 Å². The summed E-state index contributed by atoms with van der Waals surface area (Å²) in [6, 6.07) is 10.7. The maximum absolute atomic E-state index is 12.5. The van der Waals surface area contributed by atoms with Crippen LogP contribution in [-0.2, 0) is 4.74 Å². The number of carboxylic acids is 1. The smallest absolute Gasteiger partial charge is 0.410 e. The van der Waals surface area contributed by atoms with E-state index in [4.69, 9.17) is 19.9 Å². The van der Waals surface area contributed by atoms with Gasteiger partial charge in [-0.2, -0.15) is 0 Å². The molecule has 0 saturated heterocycles. The fraction of sp³-hybridized carbons (Fsp3) is 0.433. The summed E-state index contributed by atoms with van der Waals surface area (Å²) in [6.07, 6.45) is 1.91. The number of carbonyl (C=O) groups excluding carboxylic acids is 1. The highest BCUT2D eigenvalue weighted by atomic mass is 16.6. The first kappa shape index (κ1) is 29.7. The van der Waals surface area contributed by atoms with Crippen molar-refractivity contribution in [3.05, 3.63) is 53.7 Å². The molecule has 0 saturated carbocycles. The first-order valence-electron chi connectivity index (χ1n) is 13.1. The Morgan fingerprint density at radius 1 is 1.05 bits per heavy atom. The van der Waals surface area contributed by atoms with E-state index in [9.17, 15) is 14.7 Å². The van der Waals surface area contributed by atoms with E-state index in [1.165, 1.54) is 0 Å². The fourth-order valence-electron chi connectivity index (χ4n) is 4.25. The summed E-state index contributed by atoms with van der Waals surface area (Å²) in [4.78, 5) is 30.2. The molecule has 0 radical (unpaired) electrons. The molecule has 39 heavy (non-hydrogen) atoms. The molecule has 0 spiro atoms. The van der Waals surface area contributed by atoms with Crippen molar-refractivity contribution in [3.63, 3.8) is 0 Å². The van der Waals surface area contributed by atoms with Crippen molar-refractivity contribution in [2.75, 3.05) is 33.4 Å². The Balaban J connectivity index is 1.86. The zero-order chi connectivity index (χ0) is 28.7. The van der Waals surface area contributed by atoms with Crippen LogP contribution in [0.25, 0.3) is 22.0 Å². The number of fused-ring (bicyclic) bond motifs is 1. The van der Waals surface area contributed by atoms with Gasteiger partial charge in [0, 0.05) is 42.3 Å². The van der Waals surface area contributed by atoms with E-state index in [0.29, 0.717) is 49.9 Å². The van der Waals surface area contributed by atoms with Crippen LogP contribution in [0.15, 0.2) is 42.6 Å². The number of pyridine rings is 1. The highest BCUT2D eigenvalue weighted by Crippen LogP contribution is 2.39. The Bertz CT molecular complexity index is 1320. The molecular formula is C30H39N3O6. The van der Waals surface area contributed by atoms with E-state index >= 15 is 0 Å². The highest BCUT2D eigenvalue weighted by Gasteiger charge is 2.22. The minimum absolute atomic E-state index is 0.127. The van der Waals surface area contributed by atoms with Crippen molar-refractivity contribution in [1.29, 1.82) is 0 Å². The molecule has 1 aromatic heterocycles. The molecule has 0 aliphatic heterocycles. The molecule has 9 nitrogen and oxygen atoms in total. The lowest BCUT2D eigenvalue weighted by Crippen LogP contribution is -2.40. The summed E-state index contributed by atoms with van der Waals surface area (Å²) < 4.78 is 17.5. The lowest BCUT2D eigenvalue weighted by Gasteiger charge is -2.27. The molecule has 1 amide bonds. The molecule has 0 fully saturated rings. The first-order chi connectivity index (χ1) is 18.4. The highest BCUT2D eigenvalue weighted by molar-refractivity contribution is 5.95. The second-order valence-electron chi connectivity index (χ2n) is 10.6. The molecule has 2 aromatic carbocycles. The molecule has 0 aliphatic rings. The third-order valence-corrected chi connectivity index (χ3v) is 6.05. The van der Waals surface area contributed by atoms with E-state index in [1.54, 1.807) is 36.4 Å². The quantitative estimate of drug-likeness (QED) is 0.299. The van der Waals surface area contributed by atoms with Crippen molar-refractivity contribution >= 4 is 22.8 Å². The standard InChI is InChI=1S/C30H39N3O6/c1-19(2)27-25(37-6)16-23(24-15-22-14-20(28(34)35)8-9-21(22)18-32-24)17-26(27)38-13-7-11-33(12-10-31)29(36)39-30(3,4)5/h8-9,14-19H,7,10-13,31H2,1-6H3,(H,34,35). The van der Waals surface area contributed by atoms with Crippen LogP contribution < -0.4 is 15.2 Å². The number of nitrogens with zero attached hydrogens (tertiary/aromatic N) is 2. The summed E-state index contributed by atoms with van der Waals surface area (Å²) >= 11 is 0. The summed E-state index contributed by atoms with van der Waals surface area (Å²) in [6.45, 7) is 11.2. The third-order valence-electron chi connectivity index (χ3n) is 6.05. The van der Waals surface area contributed by atoms with Crippen LogP contribution in [0.5, 0.6) is 11.5 Å². The lowest BCUT2D eigenvalue weighted by molar-refractivity contribution is 0.0247. The molecule has 0 atom stereocenters. The maximum Gasteiger partial charge on any atom is 0.410 e. The molecule has 3 aromatic rings. The van der Waals surface area contributed by atoms with Crippen molar-refractivity contribution in [3.8, 4) is 22.8 Å². The van der Waals surface area contributed by atoms with Crippen LogP contribution in [0.3, 0.4) is 0 Å². The average molecular weight is 538 g/mol. The van der Waals surface area contributed by atoms with E-state index in [1.807, 2.05) is 39.0 Å². The predicted octanol–water partition coefficient (Wildman–Crippen LogP) is 5.70. The van der Waals surface area contributed by atoms with Gasteiger partial charge in [-0.15, -0.1) is 0 Å². The van der Waals surface area contributed by atoms with Gasteiger partial charge >= 0.3 is 12.1 Å². The van der Waals surface area contributed by atoms with E-state index in [2.05, 4.69) is 18.8 Å². The number of benzene rings is 2. The number of nitrogens with two attached hydrogens (primary N) is 1. The molecule has 0 unspecified atom stereocenters. The molecule has 0 bridgehead atoms. The van der Waals surface area contributed by atoms with Crippen LogP contribution >= 0.6 is 0 Å². The van der Waals surface area contributed by atoms with E-state index in [-0.39, 0.29) is 11.5 Å². The Hall–Kier alpha value is -3.85. The van der Waals surface area contributed by atoms with Crippen molar-refractivity contribution in [2.24, 2.45) is 5.73 Å². The second kappa shape index (κ2) is 12.8. The van der Waals surface area contributed by atoms with Crippen LogP contribution in [0.4, 0.5) is 4.79 Å². The van der Waals surface area contributed by atoms with Crippen molar-refractivity contribution in [1.82, 2.24) is 9.88 Å². The van der Waals surface area contributed by atoms with Crippen LogP contribution in [0.2, 0.25) is 0 Å². The Labute approximate surface area is 229 Å². The second-order valence-corrected chi connectivity index (χ2v) is 10.6. The van der Waals surface area contributed by atoms with Gasteiger partial charge in [-0.25, -0.2) is 9.59 Å². The van der Waals surface area contributed by atoms with Gasteiger partial charge in [-0.1, -0.05) is 19.9 Å². The molecule has 3 N–H and O–H groups in total. The average Bonchev–Trinajstić information content (AvgIpc) is 2.87. The van der Waals surface area contributed by atoms with Gasteiger partial charge < -0.3 is 30.0 Å². The van der Waals surface area contributed by atoms with Gasteiger partial charge in [0.1, 0.15) is 17.1 Å². The number of carbonyl (C=O) groups is 2. The van der Waals surface area contributed by atoms with Crippen LogP contribution in [0, 0.1) is 0 Å². The normalized spacial score (nSPS) is 11.5. The maximum atomic E-state index is 12.5. The fourth-order valence-corrected chi connectivity index (χ4v) is 4.25. The van der Waals surface area contributed by atoms with Crippen LogP contribution in [-0.4, -0.2) is 66.0 Å². The SMILES string of the molecule is COc1cc(-c2cc3cc(C(=O)O)ccc3cn2)cc(OCCCN(CCN)C(=O)OC(C)(C)C)c1C(C)C. The summed E-state index contributed by atoms with van der Waals surface area (Å²) in [5.41, 5.74) is 7.72. The molecule has 0 aliphatic carbocycles. The Kier molecular flexibility index (Phi) is 9.75. The van der Waals surface area contributed by atoms with Gasteiger partial charge in [0.15, 0.2) is 0 Å². The van der Waals surface area contributed by atoms with Crippen LogP contribution in [0.1, 0.15) is 62.9 Å². The number of aromatic nitrogens is 1. The first-order valence-corrected chi connectivity index (χ1v) is 13.1. The number of hydrogen-bond acceptors (Lipinski definition) is 7. The van der Waals surface area contributed by atoms with Crippen molar-refractivity contribution < 1.29 is 28.9 Å². The third kappa shape index (κ3) is 7.83. The summed E-state index contributed by atoms with van der Waals surface area (Å²) in [5, 5.41) is 11.0. The minimum atomic E-state index is -0.981. The number of carboxylic acid groups (broad SMARTS) is 1. The molecule has 1 heterocycles. The monoisotopic (exact) mass is 537 g/mol. The summed E-state index contributed by atoms with van der Waals surface area (Å²) in [7, 11) is 1.62. The molecule has 3 rings (SSSR count). The largest absolute Gasteiger partial charge is 0.496 e. The number of ether oxygens (including phenoxy) is 3. The number of hydrogen-bond donors (Lipinski definition) is 2. The van der Waals surface area contributed by atoms with Gasteiger partial charge in [0.25, 0.3) is 0 Å². The molecular weight excluding hydrogens is 498 g/mol. The Morgan fingerprint density at radius 3 is 2.38 bits per heavy atom.